The van der Waals surface area contributed by atoms with Crippen molar-refractivity contribution >= 4 is 21.7 Å². The highest BCUT2D eigenvalue weighted by Gasteiger charge is 2.35. The van der Waals surface area contributed by atoms with Gasteiger partial charge in [0.25, 0.3) is 0 Å². The number of benzene rings is 1. The number of hydrogen-bond acceptors (Lipinski definition) is 5. The summed E-state index contributed by atoms with van der Waals surface area (Å²) in [5.41, 5.74) is 11.8. The summed E-state index contributed by atoms with van der Waals surface area (Å²) >= 11 is 0. The molecule has 2 fully saturated rings. The Balaban J connectivity index is 1.53. The number of hydrogen-bond donors (Lipinski definition) is 2. The van der Waals surface area contributed by atoms with Gasteiger partial charge in [-0.1, -0.05) is 0 Å². The normalized spacial score (nSPS) is 23.8. The quantitative estimate of drug-likeness (QED) is 0.693. The van der Waals surface area contributed by atoms with Crippen molar-refractivity contribution in [2.24, 2.45) is 23.3 Å². The van der Waals surface area contributed by atoms with Gasteiger partial charge in [-0.2, -0.15) is 0 Å². The van der Waals surface area contributed by atoms with Gasteiger partial charge in [0.2, 0.25) is 11.8 Å². The van der Waals surface area contributed by atoms with Crippen LogP contribution in [0.15, 0.2) is 29.2 Å². The van der Waals surface area contributed by atoms with Gasteiger partial charge < -0.3 is 16.4 Å². The molecular formula is C21H31N3O4S. The fraction of sp³-hybridized carbons (Fsp3) is 0.619. The van der Waals surface area contributed by atoms with Crippen molar-refractivity contribution < 1.29 is 18.0 Å². The molecule has 160 valence electrons. The van der Waals surface area contributed by atoms with Gasteiger partial charge >= 0.3 is 0 Å². The number of carbonyl (C=O) groups is 2. The Hall–Kier alpha value is -1.93. The van der Waals surface area contributed by atoms with Crippen molar-refractivity contribution in [2.45, 2.75) is 61.9 Å². The molecular weight excluding hydrogens is 390 g/mol. The number of carbonyl (C=O) groups excluding carboxylic acids is 2. The molecule has 2 amide bonds. The third-order valence-electron chi connectivity index (χ3n) is 6.61. The Bertz CT molecular complexity index is 841. The molecule has 0 heterocycles. The summed E-state index contributed by atoms with van der Waals surface area (Å²) in [5.74, 6) is -0.333. The SMILES string of the molecule is CN(C(=O)[C@@H](N)C1CCC(CS(=O)(=O)c2ccc(C(N)=O)cc2)CC1)C1CCC1. The molecule has 3 rings (SSSR count). The van der Waals surface area contributed by atoms with Crippen LogP contribution < -0.4 is 11.5 Å². The van der Waals surface area contributed by atoms with Crippen molar-refractivity contribution in [3.63, 3.8) is 0 Å². The lowest BCUT2D eigenvalue weighted by Gasteiger charge is -2.38. The number of likely N-dealkylation sites (N-methyl/N-ethyl adjacent to an activating group) is 1. The molecule has 1 atom stereocenters. The summed E-state index contributed by atoms with van der Waals surface area (Å²) < 4.78 is 25.4. The molecule has 0 spiro atoms. The molecule has 2 aliphatic carbocycles. The monoisotopic (exact) mass is 421 g/mol. The maximum Gasteiger partial charge on any atom is 0.248 e. The van der Waals surface area contributed by atoms with Crippen LogP contribution in [0.1, 0.15) is 55.3 Å². The number of nitrogens with two attached hydrogens (primary N) is 2. The van der Waals surface area contributed by atoms with E-state index in [1.807, 2.05) is 7.05 Å². The van der Waals surface area contributed by atoms with Crippen LogP contribution in [-0.2, 0) is 14.6 Å². The first kappa shape index (κ1) is 21.8. The molecule has 2 aliphatic rings. The molecule has 0 unspecified atom stereocenters. The lowest BCUT2D eigenvalue weighted by Crippen LogP contribution is -2.52. The zero-order valence-electron chi connectivity index (χ0n) is 16.9. The second-order valence-corrected chi connectivity index (χ2v) is 10.5. The first-order chi connectivity index (χ1) is 13.7. The molecule has 0 bridgehead atoms. The maximum atomic E-state index is 12.7. The number of primary amides is 1. The molecule has 2 saturated carbocycles. The van der Waals surface area contributed by atoms with Gasteiger partial charge in [0.1, 0.15) is 0 Å². The van der Waals surface area contributed by atoms with E-state index >= 15 is 0 Å². The van der Waals surface area contributed by atoms with E-state index in [1.54, 1.807) is 4.90 Å². The second-order valence-electron chi connectivity index (χ2n) is 8.51. The molecule has 0 saturated heterocycles. The van der Waals surface area contributed by atoms with Crippen LogP contribution in [-0.4, -0.2) is 50.0 Å². The van der Waals surface area contributed by atoms with Crippen molar-refractivity contribution in [1.29, 1.82) is 0 Å². The molecule has 7 nitrogen and oxygen atoms in total. The van der Waals surface area contributed by atoms with E-state index < -0.39 is 21.8 Å². The number of nitrogens with zero attached hydrogens (tertiary/aromatic N) is 1. The minimum absolute atomic E-state index is 0.0142. The summed E-state index contributed by atoms with van der Waals surface area (Å²) in [6, 6.07) is 5.58. The summed E-state index contributed by atoms with van der Waals surface area (Å²) in [4.78, 5) is 25.8. The number of amides is 2. The highest BCUT2D eigenvalue weighted by atomic mass is 32.2. The minimum atomic E-state index is -3.44. The number of sulfone groups is 1. The Kier molecular flexibility index (Phi) is 6.63. The molecule has 1 aromatic carbocycles. The average molecular weight is 422 g/mol. The van der Waals surface area contributed by atoms with Crippen LogP contribution in [0.3, 0.4) is 0 Å². The fourth-order valence-electron chi connectivity index (χ4n) is 4.34. The predicted molar refractivity (Wildman–Crippen MR) is 111 cm³/mol. The zero-order chi connectivity index (χ0) is 21.2. The van der Waals surface area contributed by atoms with Crippen LogP contribution in [0.25, 0.3) is 0 Å². The lowest BCUT2D eigenvalue weighted by molar-refractivity contribution is -0.136. The zero-order valence-corrected chi connectivity index (χ0v) is 17.7. The highest BCUT2D eigenvalue weighted by Crippen LogP contribution is 2.33. The van der Waals surface area contributed by atoms with Crippen molar-refractivity contribution in [1.82, 2.24) is 4.90 Å². The first-order valence-corrected chi connectivity index (χ1v) is 12.0. The van der Waals surface area contributed by atoms with E-state index in [-0.39, 0.29) is 34.0 Å². The molecule has 29 heavy (non-hydrogen) atoms. The maximum absolute atomic E-state index is 12.7. The summed E-state index contributed by atoms with van der Waals surface area (Å²) in [6.07, 6.45) is 6.32. The molecule has 0 aromatic heterocycles. The smallest absolute Gasteiger partial charge is 0.248 e. The topological polar surface area (TPSA) is 124 Å². The van der Waals surface area contributed by atoms with Gasteiger partial charge in [-0.25, -0.2) is 8.42 Å². The largest absolute Gasteiger partial charge is 0.366 e. The molecule has 8 heteroatoms. The van der Waals surface area contributed by atoms with Gasteiger partial charge in [-0.15, -0.1) is 0 Å². The standard InChI is InChI=1S/C21H31N3O4S/c1-24(17-3-2-4-17)21(26)19(22)15-7-5-14(6-8-15)13-29(27,28)18-11-9-16(10-12-18)20(23)25/h9-12,14-15,17,19H,2-8,13,22H2,1H3,(H2,23,25)/t14?,15?,19-/m0/s1. The van der Waals surface area contributed by atoms with E-state index in [0.717, 1.165) is 38.5 Å². The number of rotatable bonds is 7. The fourth-order valence-corrected chi connectivity index (χ4v) is 6.03. The molecule has 4 N–H and O–H groups in total. The van der Waals surface area contributed by atoms with Gasteiger partial charge in [-0.05, 0) is 81.0 Å². The minimum Gasteiger partial charge on any atom is -0.366 e. The average Bonchev–Trinajstić information content (AvgIpc) is 2.65. The van der Waals surface area contributed by atoms with E-state index in [4.69, 9.17) is 11.5 Å². The van der Waals surface area contributed by atoms with E-state index in [2.05, 4.69) is 0 Å². The first-order valence-electron chi connectivity index (χ1n) is 10.3. The van der Waals surface area contributed by atoms with Crippen molar-refractivity contribution in [2.75, 3.05) is 12.8 Å². The second kappa shape index (κ2) is 8.83. The molecule has 0 radical (unpaired) electrons. The Labute approximate surface area is 172 Å². The van der Waals surface area contributed by atoms with Crippen molar-refractivity contribution in [3.8, 4) is 0 Å². The summed E-state index contributed by atoms with van der Waals surface area (Å²) in [6.45, 7) is 0. The predicted octanol–water partition coefficient (Wildman–Crippen LogP) is 1.70. The third-order valence-corrected chi connectivity index (χ3v) is 8.51. The van der Waals surface area contributed by atoms with Crippen LogP contribution in [0, 0.1) is 11.8 Å². The highest BCUT2D eigenvalue weighted by molar-refractivity contribution is 7.91. The Morgan fingerprint density at radius 2 is 1.66 bits per heavy atom. The van der Waals surface area contributed by atoms with Crippen LogP contribution in [0.5, 0.6) is 0 Å². The summed E-state index contributed by atoms with van der Waals surface area (Å²) in [7, 11) is -1.59. The Morgan fingerprint density at radius 1 is 1.07 bits per heavy atom. The lowest BCUT2D eigenvalue weighted by atomic mass is 9.78. The van der Waals surface area contributed by atoms with Gasteiger partial charge in [-0.3, -0.25) is 9.59 Å². The molecule has 0 aliphatic heterocycles. The van der Waals surface area contributed by atoms with Gasteiger partial charge in [0.05, 0.1) is 16.7 Å². The van der Waals surface area contributed by atoms with Crippen LogP contribution >= 0.6 is 0 Å². The van der Waals surface area contributed by atoms with E-state index in [9.17, 15) is 18.0 Å². The van der Waals surface area contributed by atoms with Crippen LogP contribution in [0.2, 0.25) is 0 Å². The van der Waals surface area contributed by atoms with E-state index in [1.165, 1.54) is 30.7 Å². The van der Waals surface area contributed by atoms with Crippen molar-refractivity contribution in [3.05, 3.63) is 29.8 Å². The Morgan fingerprint density at radius 3 is 2.14 bits per heavy atom. The van der Waals surface area contributed by atoms with Gasteiger partial charge in [0.15, 0.2) is 9.84 Å². The van der Waals surface area contributed by atoms with Crippen LogP contribution in [0.4, 0.5) is 0 Å². The van der Waals surface area contributed by atoms with Gasteiger partial charge in [0, 0.05) is 18.7 Å². The molecule has 1 aromatic rings. The van der Waals surface area contributed by atoms with E-state index in [0.29, 0.717) is 6.04 Å². The summed E-state index contributed by atoms with van der Waals surface area (Å²) in [5, 5.41) is 0. The third kappa shape index (κ3) is 4.98.